The lowest BCUT2D eigenvalue weighted by Gasteiger charge is -2.18. The van der Waals surface area contributed by atoms with Crippen LogP contribution in [0.4, 0.5) is 5.69 Å². The van der Waals surface area contributed by atoms with Crippen molar-refractivity contribution < 1.29 is 24.2 Å². The maximum Gasteiger partial charge on any atom is 0.340 e. The van der Waals surface area contributed by atoms with E-state index in [1.54, 1.807) is 31.2 Å². The minimum absolute atomic E-state index is 0.0921. The number of nitrogens with zero attached hydrogens (tertiary/aromatic N) is 1. The Kier molecular flexibility index (Phi) is 5.73. The zero-order valence-corrected chi connectivity index (χ0v) is 16.9. The average molecular weight is 393 g/mol. The molecule has 1 aliphatic heterocycles. The number of phenolic OH excluding ortho intramolecular Hbond substituents is 1. The summed E-state index contributed by atoms with van der Waals surface area (Å²) in [6, 6.07) is 12.5. The summed E-state index contributed by atoms with van der Waals surface area (Å²) < 4.78 is 10.3. The summed E-state index contributed by atoms with van der Waals surface area (Å²) in [6.07, 6.45) is 1.49. The molecule has 0 atom stereocenters. The summed E-state index contributed by atoms with van der Waals surface area (Å²) in [4.78, 5) is 27.2. The van der Waals surface area contributed by atoms with Gasteiger partial charge in [-0.05, 0) is 50.6 Å². The molecular weight excluding hydrogens is 370 g/mol. The fourth-order valence-corrected chi connectivity index (χ4v) is 3.34. The number of allylic oxidation sites excluding steroid dienone is 1. The van der Waals surface area contributed by atoms with Gasteiger partial charge < -0.3 is 14.6 Å². The van der Waals surface area contributed by atoms with Crippen LogP contribution in [-0.2, 0) is 14.3 Å². The number of carbonyl (C=O) groups is 2. The first kappa shape index (κ1) is 20.2. The first-order chi connectivity index (χ1) is 13.9. The van der Waals surface area contributed by atoms with E-state index in [1.165, 1.54) is 18.1 Å². The average Bonchev–Trinajstić information content (AvgIpc) is 2.94. The molecule has 1 amide bonds. The second-order valence-corrected chi connectivity index (χ2v) is 6.62. The van der Waals surface area contributed by atoms with E-state index in [0.717, 1.165) is 5.56 Å². The van der Waals surface area contributed by atoms with E-state index in [9.17, 15) is 14.7 Å². The second kappa shape index (κ2) is 8.22. The number of aromatic hydroxyl groups is 1. The molecule has 150 valence electrons. The zero-order chi connectivity index (χ0) is 21.1. The van der Waals surface area contributed by atoms with Crippen molar-refractivity contribution >= 4 is 23.6 Å². The molecule has 0 spiro atoms. The van der Waals surface area contributed by atoms with Gasteiger partial charge >= 0.3 is 5.97 Å². The van der Waals surface area contributed by atoms with Crippen LogP contribution >= 0.6 is 0 Å². The first-order valence-electron chi connectivity index (χ1n) is 9.26. The number of carbonyl (C=O) groups excluding carboxylic acids is 2. The Morgan fingerprint density at radius 2 is 1.90 bits per heavy atom. The molecule has 1 aliphatic rings. The maximum atomic E-state index is 13.3. The van der Waals surface area contributed by atoms with E-state index in [0.29, 0.717) is 29.3 Å². The summed E-state index contributed by atoms with van der Waals surface area (Å²) in [5.74, 6) is -0.763. The number of anilines is 1. The lowest BCUT2D eigenvalue weighted by atomic mass is 10.0. The van der Waals surface area contributed by atoms with Crippen molar-refractivity contribution in [3.8, 4) is 11.5 Å². The normalized spacial score (nSPS) is 15.2. The molecule has 3 rings (SSSR count). The lowest BCUT2D eigenvalue weighted by molar-refractivity contribution is -0.136. The SMILES string of the molecule is CCOc1cccc(/C=C2\C(=O)N(c3cccc(C)c3)C(C)=C2C(=O)OC)c1O. The van der Waals surface area contributed by atoms with Crippen molar-refractivity contribution in [3.05, 3.63) is 70.4 Å². The minimum atomic E-state index is -0.613. The van der Waals surface area contributed by atoms with Gasteiger partial charge in [0.2, 0.25) is 0 Å². The number of aryl methyl sites for hydroxylation is 1. The lowest BCUT2D eigenvalue weighted by Crippen LogP contribution is -2.24. The highest BCUT2D eigenvalue weighted by Crippen LogP contribution is 2.38. The van der Waals surface area contributed by atoms with Crippen LogP contribution in [0.2, 0.25) is 0 Å². The van der Waals surface area contributed by atoms with Gasteiger partial charge in [-0.3, -0.25) is 9.69 Å². The van der Waals surface area contributed by atoms with Gasteiger partial charge in [-0.1, -0.05) is 24.3 Å². The molecule has 1 N–H and O–H groups in total. The molecular formula is C23H23NO5. The van der Waals surface area contributed by atoms with Crippen molar-refractivity contribution in [2.75, 3.05) is 18.6 Å². The van der Waals surface area contributed by atoms with E-state index in [4.69, 9.17) is 9.47 Å². The number of methoxy groups -OCH3 is 1. The van der Waals surface area contributed by atoms with E-state index in [2.05, 4.69) is 0 Å². The van der Waals surface area contributed by atoms with Gasteiger partial charge in [0.25, 0.3) is 5.91 Å². The van der Waals surface area contributed by atoms with Gasteiger partial charge in [0.1, 0.15) is 0 Å². The molecule has 0 saturated carbocycles. The summed E-state index contributed by atoms with van der Waals surface area (Å²) in [6.45, 7) is 5.83. The highest BCUT2D eigenvalue weighted by atomic mass is 16.5. The predicted molar refractivity (Wildman–Crippen MR) is 111 cm³/mol. The van der Waals surface area contributed by atoms with Crippen molar-refractivity contribution in [2.45, 2.75) is 20.8 Å². The van der Waals surface area contributed by atoms with Crippen molar-refractivity contribution in [1.29, 1.82) is 0 Å². The van der Waals surface area contributed by atoms with Crippen LogP contribution < -0.4 is 9.64 Å². The highest BCUT2D eigenvalue weighted by Gasteiger charge is 2.38. The predicted octanol–water partition coefficient (Wildman–Crippen LogP) is 3.98. The molecule has 0 aliphatic carbocycles. The van der Waals surface area contributed by atoms with Gasteiger partial charge in [0.15, 0.2) is 11.5 Å². The molecule has 0 radical (unpaired) electrons. The fourth-order valence-electron chi connectivity index (χ4n) is 3.34. The molecule has 6 heteroatoms. The Balaban J connectivity index is 2.16. The Hall–Kier alpha value is -3.54. The van der Waals surface area contributed by atoms with E-state index in [1.807, 2.05) is 32.0 Å². The van der Waals surface area contributed by atoms with Crippen molar-refractivity contribution in [3.63, 3.8) is 0 Å². The highest BCUT2D eigenvalue weighted by molar-refractivity contribution is 6.24. The van der Waals surface area contributed by atoms with Gasteiger partial charge in [-0.25, -0.2) is 4.79 Å². The smallest absolute Gasteiger partial charge is 0.340 e. The molecule has 0 saturated heterocycles. The summed E-state index contributed by atoms with van der Waals surface area (Å²) >= 11 is 0. The van der Waals surface area contributed by atoms with Crippen LogP contribution in [0.1, 0.15) is 25.0 Å². The molecule has 29 heavy (non-hydrogen) atoms. The van der Waals surface area contributed by atoms with Crippen LogP contribution in [0.5, 0.6) is 11.5 Å². The largest absolute Gasteiger partial charge is 0.504 e. The Morgan fingerprint density at radius 3 is 2.55 bits per heavy atom. The van der Waals surface area contributed by atoms with Gasteiger partial charge in [0.05, 0.1) is 24.9 Å². The monoisotopic (exact) mass is 393 g/mol. The maximum absolute atomic E-state index is 13.3. The number of para-hydroxylation sites is 1. The number of benzene rings is 2. The molecule has 0 aromatic heterocycles. The molecule has 0 unspecified atom stereocenters. The topological polar surface area (TPSA) is 76.1 Å². The third-order valence-electron chi connectivity index (χ3n) is 4.68. The second-order valence-electron chi connectivity index (χ2n) is 6.62. The number of hydrogen-bond donors (Lipinski definition) is 1. The van der Waals surface area contributed by atoms with E-state index < -0.39 is 5.97 Å². The number of amides is 1. The first-order valence-corrected chi connectivity index (χ1v) is 9.26. The molecule has 2 aromatic rings. The third-order valence-corrected chi connectivity index (χ3v) is 4.68. The third kappa shape index (κ3) is 3.74. The zero-order valence-electron chi connectivity index (χ0n) is 16.9. The van der Waals surface area contributed by atoms with Crippen LogP contribution in [0.15, 0.2) is 59.3 Å². The molecule has 0 fully saturated rings. The number of esters is 1. The Bertz CT molecular complexity index is 1040. The quantitative estimate of drug-likeness (QED) is 0.614. The van der Waals surface area contributed by atoms with Gasteiger partial charge in [-0.2, -0.15) is 0 Å². The molecule has 1 heterocycles. The van der Waals surface area contributed by atoms with Crippen molar-refractivity contribution in [2.24, 2.45) is 0 Å². The van der Waals surface area contributed by atoms with Crippen LogP contribution in [0, 0.1) is 6.92 Å². The Labute approximate surface area is 169 Å². The standard InChI is InChI=1S/C23H23NO5/c1-5-29-19-11-7-9-16(21(19)25)13-18-20(23(27)28-4)15(3)24(22(18)26)17-10-6-8-14(2)12-17/h6-13,25H,5H2,1-4H3/b18-13-. The van der Waals surface area contributed by atoms with E-state index >= 15 is 0 Å². The van der Waals surface area contributed by atoms with Crippen LogP contribution in [0.25, 0.3) is 6.08 Å². The molecule has 6 nitrogen and oxygen atoms in total. The van der Waals surface area contributed by atoms with E-state index in [-0.39, 0.29) is 22.8 Å². The fraction of sp³-hybridized carbons (Fsp3) is 0.217. The van der Waals surface area contributed by atoms with Crippen molar-refractivity contribution in [1.82, 2.24) is 0 Å². The molecule has 0 bridgehead atoms. The number of ether oxygens (including phenoxy) is 2. The summed E-state index contributed by atoms with van der Waals surface area (Å²) in [7, 11) is 1.27. The number of hydrogen-bond acceptors (Lipinski definition) is 5. The van der Waals surface area contributed by atoms with Gasteiger partial charge in [-0.15, -0.1) is 0 Å². The van der Waals surface area contributed by atoms with Gasteiger partial charge in [0, 0.05) is 16.9 Å². The number of phenols is 1. The van der Waals surface area contributed by atoms with Crippen LogP contribution in [-0.4, -0.2) is 30.7 Å². The van der Waals surface area contributed by atoms with Crippen LogP contribution in [0.3, 0.4) is 0 Å². The summed E-state index contributed by atoms with van der Waals surface area (Å²) in [5, 5.41) is 10.5. The number of rotatable bonds is 5. The Morgan fingerprint density at radius 1 is 1.17 bits per heavy atom. The minimum Gasteiger partial charge on any atom is -0.504 e. The summed E-state index contributed by atoms with van der Waals surface area (Å²) in [5.41, 5.74) is 2.81. The molecule has 2 aromatic carbocycles.